The van der Waals surface area contributed by atoms with Crippen LogP contribution in [-0.2, 0) is 18.9 Å². The van der Waals surface area contributed by atoms with E-state index in [-0.39, 0.29) is 11.9 Å². The monoisotopic (exact) mass is 382 g/mol. The number of ketones is 1. The van der Waals surface area contributed by atoms with E-state index in [0.29, 0.717) is 64.8 Å². The van der Waals surface area contributed by atoms with Crippen molar-refractivity contribution in [3.05, 3.63) is 23.9 Å². The summed E-state index contributed by atoms with van der Waals surface area (Å²) in [4.78, 5) is 16.0. The molecule has 0 unspecified atom stereocenters. The summed E-state index contributed by atoms with van der Waals surface area (Å²) in [5.74, 6) is 0.871. The zero-order valence-electron chi connectivity index (χ0n) is 16.9. The fraction of sp³-hybridized carbons (Fsp3) is 0.700. The summed E-state index contributed by atoms with van der Waals surface area (Å²) in [5.41, 5.74) is 0.659. The Morgan fingerprint density at radius 2 is 1.63 bits per heavy atom. The molecule has 0 spiro atoms. The summed E-state index contributed by atoms with van der Waals surface area (Å²) in [6, 6.07) is 3.62. The van der Waals surface area contributed by atoms with Crippen LogP contribution in [0.1, 0.15) is 44.0 Å². The molecule has 0 radical (unpaired) electrons. The Hall–Kier alpha value is -1.54. The molecule has 154 valence electrons. The van der Waals surface area contributed by atoms with Crippen LogP contribution in [-0.4, -0.2) is 69.7 Å². The van der Waals surface area contributed by atoms with Gasteiger partial charge in [-0.15, -0.1) is 0 Å². The second-order valence-electron chi connectivity index (χ2n) is 6.29. The zero-order chi connectivity index (χ0) is 19.7. The average molecular weight is 383 g/mol. The molecule has 27 heavy (non-hydrogen) atoms. The number of anilines is 1. The number of hydrogen-bond acceptors (Lipinski definition) is 7. The van der Waals surface area contributed by atoms with E-state index in [1.165, 1.54) is 0 Å². The first-order chi connectivity index (χ1) is 13.1. The summed E-state index contributed by atoms with van der Waals surface area (Å²) >= 11 is 0. The smallest absolute Gasteiger partial charge is 0.164 e. The van der Waals surface area contributed by atoms with Crippen LogP contribution in [0.5, 0.6) is 0 Å². The largest absolute Gasteiger partial charge is 0.377 e. The number of rotatable bonds is 17. The summed E-state index contributed by atoms with van der Waals surface area (Å²) in [5, 5.41) is 3.16. The number of aromatic nitrogens is 1. The van der Waals surface area contributed by atoms with Crippen LogP contribution in [0.25, 0.3) is 0 Å². The van der Waals surface area contributed by atoms with Gasteiger partial charge in [0.05, 0.1) is 52.4 Å². The number of carbonyl (C=O) groups is 1. The molecule has 7 heteroatoms. The molecule has 0 saturated heterocycles. The maximum absolute atomic E-state index is 11.7. The molecule has 7 nitrogen and oxygen atoms in total. The lowest BCUT2D eigenvalue weighted by atomic mass is 10.1. The van der Waals surface area contributed by atoms with E-state index >= 15 is 0 Å². The molecular formula is C20H34N2O5. The number of hydrogen-bond donors (Lipinski definition) is 1. The number of carbonyl (C=O) groups excluding carboxylic acids is 1. The minimum absolute atomic E-state index is 0.133. The molecule has 0 aliphatic heterocycles. The second-order valence-corrected chi connectivity index (χ2v) is 6.29. The Labute approximate surface area is 162 Å². The summed E-state index contributed by atoms with van der Waals surface area (Å²) < 4.78 is 21.7. The topological polar surface area (TPSA) is 78.9 Å². The summed E-state index contributed by atoms with van der Waals surface area (Å²) in [7, 11) is 0. The zero-order valence-corrected chi connectivity index (χ0v) is 16.9. The van der Waals surface area contributed by atoms with E-state index in [1.54, 1.807) is 12.3 Å². The molecule has 1 rings (SSSR count). The first-order valence-corrected chi connectivity index (χ1v) is 9.71. The van der Waals surface area contributed by atoms with Crippen molar-refractivity contribution in [2.75, 3.05) is 58.1 Å². The Morgan fingerprint density at radius 1 is 1.00 bits per heavy atom. The van der Waals surface area contributed by atoms with Crippen LogP contribution >= 0.6 is 0 Å². The van der Waals surface area contributed by atoms with Crippen molar-refractivity contribution in [2.24, 2.45) is 0 Å². The minimum Gasteiger partial charge on any atom is -0.377 e. The van der Waals surface area contributed by atoms with Gasteiger partial charge in [-0.25, -0.2) is 4.98 Å². The maximum Gasteiger partial charge on any atom is 0.164 e. The van der Waals surface area contributed by atoms with Crippen LogP contribution in [0, 0.1) is 0 Å². The highest BCUT2D eigenvalue weighted by Gasteiger charge is 2.04. The van der Waals surface area contributed by atoms with Crippen molar-refractivity contribution in [2.45, 2.75) is 39.7 Å². The highest BCUT2D eigenvalue weighted by molar-refractivity contribution is 5.95. The van der Waals surface area contributed by atoms with E-state index in [1.807, 2.05) is 26.8 Å². The van der Waals surface area contributed by atoms with Gasteiger partial charge in [-0.1, -0.05) is 6.92 Å². The third-order valence-electron chi connectivity index (χ3n) is 3.54. The van der Waals surface area contributed by atoms with E-state index in [4.69, 9.17) is 18.9 Å². The average Bonchev–Trinajstić information content (AvgIpc) is 2.66. The highest BCUT2D eigenvalue weighted by Crippen LogP contribution is 2.08. The van der Waals surface area contributed by atoms with Crippen molar-refractivity contribution in [1.82, 2.24) is 4.98 Å². The molecule has 0 aromatic carbocycles. The quantitative estimate of drug-likeness (QED) is 0.328. The molecule has 1 N–H and O–H groups in total. The fourth-order valence-corrected chi connectivity index (χ4v) is 2.17. The number of nitrogens with one attached hydrogen (secondary N) is 1. The normalized spacial score (nSPS) is 11.1. The predicted molar refractivity (Wildman–Crippen MR) is 106 cm³/mol. The molecule has 0 amide bonds. The molecule has 0 bridgehead atoms. The van der Waals surface area contributed by atoms with Crippen LogP contribution in [0.4, 0.5) is 5.82 Å². The van der Waals surface area contributed by atoms with E-state index in [9.17, 15) is 4.79 Å². The number of pyridine rings is 1. The first kappa shape index (κ1) is 23.5. The lowest BCUT2D eigenvalue weighted by Crippen LogP contribution is -2.15. The van der Waals surface area contributed by atoms with Crippen molar-refractivity contribution in [3.63, 3.8) is 0 Å². The maximum atomic E-state index is 11.7. The van der Waals surface area contributed by atoms with Crippen LogP contribution in [0.3, 0.4) is 0 Å². The van der Waals surface area contributed by atoms with Crippen molar-refractivity contribution in [3.8, 4) is 0 Å². The van der Waals surface area contributed by atoms with Gasteiger partial charge in [0.25, 0.3) is 0 Å². The van der Waals surface area contributed by atoms with Gasteiger partial charge in [0.2, 0.25) is 0 Å². The molecular weight excluding hydrogens is 348 g/mol. The number of ether oxygens (including phenoxy) is 4. The molecule has 1 aromatic rings. The van der Waals surface area contributed by atoms with Gasteiger partial charge in [-0.05, 0) is 32.4 Å². The summed E-state index contributed by atoms with van der Waals surface area (Å²) in [6.07, 6.45) is 3.26. The third-order valence-corrected chi connectivity index (χ3v) is 3.54. The SMILES string of the molecule is CCCC(=O)c1ccc(NCCOCCOCCOCCOC(C)C)nc1. The van der Waals surface area contributed by atoms with Crippen LogP contribution in [0.2, 0.25) is 0 Å². The predicted octanol–water partition coefficient (Wildman–Crippen LogP) is 2.95. The van der Waals surface area contributed by atoms with Gasteiger partial charge >= 0.3 is 0 Å². The van der Waals surface area contributed by atoms with Gasteiger partial charge in [-0.2, -0.15) is 0 Å². The molecule has 0 atom stereocenters. The summed E-state index contributed by atoms with van der Waals surface area (Å²) in [6.45, 7) is 10.6. The molecule has 0 aliphatic carbocycles. The third kappa shape index (κ3) is 12.5. The van der Waals surface area contributed by atoms with E-state index < -0.39 is 0 Å². The minimum atomic E-state index is 0.133. The van der Waals surface area contributed by atoms with Crippen molar-refractivity contribution in [1.29, 1.82) is 0 Å². The van der Waals surface area contributed by atoms with Gasteiger partial charge in [-0.3, -0.25) is 4.79 Å². The Kier molecular flexibility index (Phi) is 13.5. The van der Waals surface area contributed by atoms with Crippen molar-refractivity contribution >= 4 is 11.6 Å². The van der Waals surface area contributed by atoms with E-state index in [0.717, 1.165) is 12.2 Å². The van der Waals surface area contributed by atoms with E-state index in [2.05, 4.69) is 10.3 Å². The first-order valence-electron chi connectivity index (χ1n) is 9.71. The van der Waals surface area contributed by atoms with Crippen molar-refractivity contribution < 1.29 is 23.7 Å². The molecule has 1 heterocycles. The standard InChI is InChI=1S/C20H34N2O5/c1-4-5-19(23)18-6-7-20(22-16-18)21-8-9-24-10-11-25-12-13-26-14-15-27-17(2)3/h6-7,16-17H,4-5,8-15H2,1-3H3,(H,21,22). The fourth-order valence-electron chi connectivity index (χ4n) is 2.17. The van der Waals surface area contributed by atoms with Crippen LogP contribution < -0.4 is 5.32 Å². The molecule has 0 aliphatic rings. The number of Topliss-reactive ketones (excluding diaryl/α,β-unsaturated/α-hetero) is 1. The molecule has 0 saturated carbocycles. The Morgan fingerprint density at radius 3 is 2.19 bits per heavy atom. The number of nitrogens with zero attached hydrogens (tertiary/aromatic N) is 1. The van der Waals surface area contributed by atoms with Gasteiger partial charge in [0.1, 0.15) is 5.82 Å². The van der Waals surface area contributed by atoms with Gasteiger partial charge in [0, 0.05) is 24.7 Å². The lowest BCUT2D eigenvalue weighted by Gasteiger charge is -2.09. The Balaban J connectivity index is 1.92. The lowest BCUT2D eigenvalue weighted by molar-refractivity contribution is -0.0110. The second kappa shape index (κ2) is 15.5. The van der Waals surface area contributed by atoms with Gasteiger partial charge < -0.3 is 24.3 Å². The highest BCUT2D eigenvalue weighted by atomic mass is 16.6. The molecule has 1 aromatic heterocycles. The van der Waals surface area contributed by atoms with Crippen LogP contribution in [0.15, 0.2) is 18.3 Å². The molecule has 0 fully saturated rings. The van der Waals surface area contributed by atoms with Gasteiger partial charge in [0.15, 0.2) is 5.78 Å². The Bertz CT molecular complexity index is 494.